The molecule has 0 spiro atoms. The van der Waals surface area contributed by atoms with Crippen LogP contribution in [0.3, 0.4) is 0 Å². The maximum absolute atomic E-state index is 12.1. The minimum absolute atomic E-state index is 0.0327. The van der Waals surface area contributed by atoms with Crippen LogP contribution in [0, 0.1) is 6.92 Å². The molecule has 2 aromatic carbocycles. The Hall–Kier alpha value is -2.29. The molecule has 0 aliphatic carbocycles. The van der Waals surface area contributed by atoms with E-state index < -0.39 is 0 Å². The smallest absolute Gasteiger partial charge is 0.224 e. The zero-order chi connectivity index (χ0) is 17.0. The molecule has 23 heavy (non-hydrogen) atoms. The number of carbonyl (C=O) groups excluding carboxylic acids is 1. The number of amides is 1. The van der Waals surface area contributed by atoms with E-state index in [1.54, 1.807) is 6.07 Å². The first-order chi connectivity index (χ1) is 10.8. The van der Waals surface area contributed by atoms with E-state index in [2.05, 4.69) is 26.1 Å². The van der Waals surface area contributed by atoms with Gasteiger partial charge in [0, 0.05) is 6.42 Å². The third-order valence-corrected chi connectivity index (χ3v) is 3.90. The molecular weight excluding hydrogens is 286 g/mol. The number of phenolic OH excluding ortho intramolecular Hbond substituents is 1. The molecule has 0 aliphatic rings. The summed E-state index contributed by atoms with van der Waals surface area (Å²) in [6.45, 7) is 8.34. The van der Waals surface area contributed by atoms with Gasteiger partial charge in [-0.2, -0.15) is 0 Å². The second-order valence-corrected chi connectivity index (χ2v) is 7.02. The molecule has 0 atom stereocenters. The topological polar surface area (TPSA) is 49.3 Å². The van der Waals surface area contributed by atoms with Crippen LogP contribution in [-0.2, 0) is 16.6 Å². The average Bonchev–Trinajstić information content (AvgIpc) is 2.48. The van der Waals surface area contributed by atoms with Crippen LogP contribution in [0.25, 0.3) is 0 Å². The number of phenols is 1. The third kappa shape index (κ3) is 4.85. The summed E-state index contributed by atoms with van der Waals surface area (Å²) in [6, 6.07) is 13.5. The van der Waals surface area contributed by atoms with Crippen LogP contribution in [0.5, 0.6) is 5.75 Å². The molecule has 0 heterocycles. The van der Waals surface area contributed by atoms with Gasteiger partial charge in [0.1, 0.15) is 5.75 Å². The second-order valence-electron chi connectivity index (χ2n) is 7.02. The van der Waals surface area contributed by atoms with E-state index in [-0.39, 0.29) is 17.1 Å². The normalized spacial score (nSPS) is 11.3. The van der Waals surface area contributed by atoms with Crippen LogP contribution in [0.2, 0.25) is 0 Å². The molecule has 122 valence electrons. The molecule has 0 aliphatic heterocycles. The number of anilines is 1. The van der Waals surface area contributed by atoms with Gasteiger partial charge in [0.2, 0.25) is 5.91 Å². The maximum Gasteiger partial charge on any atom is 0.224 e. The monoisotopic (exact) mass is 311 g/mol. The largest absolute Gasteiger partial charge is 0.506 e. The molecule has 0 radical (unpaired) electrons. The van der Waals surface area contributed by atoms with Gasteiger partial charge < -0.3 is 10.4 Å². The first-order valence-corrected chi connectivity index (χ1v) is 7.94. The van der Waals surface area contributed by atoms with Gasteiger partial charge in [0.25, 0.3) is 0 Å². The molecule has 0 aromatic heterocycles. The van der Waals surface area contributed by atoms with Crippen molar-refractivity contribution in [2.75, 3.05) is 5.32 Å². The van der Waals surface area contributed by atoms with E-state index in [0.29, 0.717) is 18.5 Å². The van der Waals surface area contributed by atoms with Crippen LogP contribution in [0.4, 0.5) is 5.69 Å². The van der Waals surface area contributed by atoms with Crippen LogP contribution in [-0.4, -0.2) is 11.0 Å². The lowest BCUT2D eigenvalue weighted by molar-refractivity contribution is -0.116. The molecule has 2 rings (SSSR count). The molecular formula is C20H25NO2. The van der Waals surface area contributed by atoms with Crippen LogP contribution >= 0.6 is 0 Å². The first-order valence-electron chi connectivity index (χ1n) is 7.94. The van der Waals surface area contributed by atoms with Crippen molar-refractivity contribution in [2.45, 2.75) is 46.0 Å². The molecule has 0 fully saturated rings. The zero-order valence-corrected chi connectivity index (χ0v) is 14.3. The number of nitrogens with one attached hydrogen (secondary N) is 1. The predicted molar refractivity (Wildman–Crippen MR) is 94.9 cm³/mol. The van der Waals surface area contributed by atoms with Gasteiger partial charge in [-0.15, -0.1) is 0 Å². The third-order valence-electron chi connectivity index (χ3n) is 3.90. The van der Waals surface area contributed by atoms with Gasteiger partial charge in [-0.25, -0.2) is 0 Å². The van der Waals surface area contributed by atoms with Crippen molar-refractivity contribution in [3.8, 4) is 5.75 Å². The summed E-state index contributed by atoms with van der Waals surface area (Å²) >= 11 is 0. The summed E-state index contributed by atoms with van der Waals surface area (Å²) in [5.74, 6) is 0.00798. The molecule has 0 saturated heterocycles. The van der Waals surface area contributed by atoms with Crippen molar-refractivity contribution in [3.63, 3.8) is 0 Å². The minimum atomic E-state index is -0.0908. The second kappa shape index (κ2) is 6.86. The van der Waals surface area contributed by atoms with Gasteiger partial charge in [-0.05, 0) is 42.0 Å². The van der Waals surface area contributed by atoms with Gasteiger partial charge in [-0.1, -0.05) is 56.7 Å². The Morgan fingerprint density at radius 1 is 1.09 bits per heavy atom. The molecule has 0 unspecified atom stereocenters. The van der Waals surface area contributed by atoms with Crippen molar-refractivity contribution in [1.29, 1.82) is 0 Å². The Bertz CT molecular complexity index is 682. The van der Waals surface area contributed by atoms with Gasteiger partial charge in [-0.3, -0.25) is 4.79 Å². The number of aryl methyl sites for hydroxylation is 2. The van der Waals surface area contributed by atoms with Gasteiger partial charge >= 0.3 is 0 Å². The number of benzene rings is 2. The number of aromatic hydroxyl groups is 1. The summed E-state index contributed by atoms with van der Waals surface area (Å²) in [5.41, 5.74) is 3.87. The van der Waals surface area contributed by atoms with E-state index in [9.17, 15) is 9.90 Å². The van der Waals surface area contributed by atoms with E-state index in [1.165, 1.54) is 5.56 Å². The summed E-state index contributed by atoms with van der Waals surface area (Å²) in [4.78, 5) is 12.1. The fourth-order valence-corrected chi connectivity index (χ4v) is 2.33. The number of hydrogen-bond donors (Lipinski definition) is 2. The quantitative estimate of drug-likeness (QED) is 0.813. The van der Waals surface area contributed by atoms with Crippen molar-refractivity contribution < 1.29 is 9.90 Å². The Balaban J connectivity index is 2.01. The standard InChI is InChI=1S/C20H25NO2/c1-14-5-7-15(8-6-14)9-12-19(23)21-17-13-16(20(2,3)4)10-11-18(17)22/h5-8,10-11,13,22H,9,12H2,1-4H3,(H,21,23). The summed E-state index contributed by atoms with van der Waals surface area (Å²) in [5, 5.41) is 12.8. The Morgan fingerprint density at radius 2 is 1.74 bits per heavy atom. The van der Waals surface area contributed by atoms with Crippen molar-refractivity contribution in [1.82, 2.24) is 0 Å². The Labute approximate surface area is 138 Å². The van der Waals surface area contributed by atoms with Crippen LogP contribution in [0.1, 0.15) is 43.9 Å². The molecule has 3 nitrogen and oxygen atoms in total. The summed E-state index contributed by atoms with van der Waals surface area (Å²) < 4.78 is 0. The van der Waals surface area contributed by atoms with E-state index in [1.807, 2.05) is 43.3 Å². The number of hydrogen-bond acceptors (Lipinski definition) is 2. The fraction of sp³-hybridized carbons (Fsp3) is 0.350. The van der Waals surface area contributed by atoms with Gasteiger partial charge in [0.15, 0.2) is 0 Å². The highest BCUT2D eigenvalue weighted by Crippen LogP contribution is 2.30. The lowest BCUT2D eigenvalue weighted by atomic mass is 9.87. The average molecular weight is 311 g/mol. The fourth-order valence-electron chi connectivity index (χ4n) is 2.33. The van der Waals surface area contributed by atoms with E-state index >= 15 is 0 Å². The van der Waals surface area contributed by atoms with Crippen molar-refractivity contribution in [2.24, 2.45) is 0 Å². The SMILES string of the molecule is Cc1ccc(CCC(=O)Nc2cc(C(C)(C)C)ccc2O)cc1. The lowest BCUT2D eigenvalue weighted by Crippen LogP contribution is -2.15. The number of rotatable bonds is 4. The first kappa shape index (κ1) is 17.1. The number of carbonyl (C=O) groups is 1. The van der Waals surface area contributed by atoms with Crippen LogP contribution in [0.15, 0.2) is 42.5 Å². The molecule has 0 bridgehead atoms. The van der Waals surface area contributed by atoms with Crippen molar-refractivity contribution >= 4 is 11.6 Å². The molecule has 1 amide bonds. The summed E-state index contributed by atoms with van der Waals surface area (Å²) in [7, 11) is 0. The minimum Gasteiger partial charge on any atom is -0.506 e. The summed E-state index contributed by atoms with van der Waals surface area (Å²) in [6.07, 6.45) is 1.08. The predicted octanol–water partition coefficient (Wildman–Crippen LogP) is 4.57. The molecule has 3 heteroatoms. The highest BCUT2D eigenvalue weighted by molar-refractivity contribution is 5.92. The molecule has 2 aromatic rings. The highest BCUT2D eigenvalue weighted by atomic mass is 16.3. The van der Waals surface area contributed by atoms with Crippen LogP contribution < -0.4 is 5.32 Å². The Morgan fingerprint density at radius 3 is 2.35 bits per heavy atom. The molecule has 0 saturated carbocycles. The lowest BCUT2D eigenvalue weighted by Gasteiger charge is -2.20. The molecule has 2 N–H and O–H groups in total. The van der Waals surface area contributed by atoms with Gasteiger partial charge in [0.05, 0.1) is 5.69 Å². The van der Waals surface area contributed by atoms with E-state index in [4.69, 9.17) is 0 Å². The van der Waals surface area contributed by atoms with E-state index in [0.717, 1.165) is 11.1 Å². The Kier molecular flexibility index (Phi) is 5.09. The van der Waals surface area contributed by atoms with Crippen molar-refractivity contribution in [3.05, 3.63) is 59.2 Å². The highest BCUT2D eigenvalue weighted by Gasteiger charge is 2.16. The maximum atomic E-state index is 12.1. The zero-order valence-electron chi connectivity index (χ0n) is 14.3.